The number of nitrogens with one attached hydrogen (secondary N) is 1. The maximum absolute atomic E-state index is 14.4. The smallest absolute Gasteiger partial charge is 0.265 e. The number of thioether (sulfide) groups is 1. The molecular weight excluding hydrogens is 439 g/mol. The lowest BCUT2D eigenvalue weighted by molar-refractivity contribution is -0.109. The molecule has 25 heavy (non-hydrogen) atoms. The summed E-state index contributed by atoms with van der Waals surface area (Å²) in [5, 5.41) is -0.227. The highest BCUT2D eigenvalue weighted by Gasteiger charge is 2.49. The summed E-state index contributed by atoms with van der Waals surface area (Å²) in [6.07, 6.45) is -3.29. The monoisotopic (exact) mass is 459 g/mol. The number of benzene rings is 1. The Morgan fingerprint density at radius 3 is 2.48 bits per heavy atom. The van der Waals surface area contributed by atoms with Crippen molar-refractivity contribution >= 4 is 44.2 Å². The van der Waals surface area contributed by atoms with Gasteiger partial charge in [-0.05, 0) is 45.4 Å². The molecule has 3 nitrogen and oxygen atoms in total. The van der Waals surface area contributed by atoms with Crippen molar-refractivity contribution in [2.24, 2.45) is 0 Å². The summed E-state index contributed by atoms with van der Waals surface area (Å²) >= 11 is 2.17. The van der Waals surface area contributed by atoms with Crippen LogP contribution in [0.25, 0.3) is 0 Å². The first-order valence-electron chi connectivity index (χ1n) is 7.47. The van der Waals surface area contributed by atoms with Crippen molar-refractivity contribution in [3.05, 3.63) is 34.1 Å². The Kier molecular flexibility index (Phi) is 8.33. The second-order valence-electron chi connectivity index (χ2n) is 6.47. The van der Waals surface area contributed by atoms with Crippen molar-refractivity contribution in [2.45, 2.75) is 50.8 Å². The zero-order valence-electron chi connectivity index (χ0n) is 14.4. The van der Waals surface area contributed by atoms with Gasteiger partial charge in [-0.2, -0.15) is 0 Å². The quantitative estimate of drug-likeness (QED) is 0.596. The number of carbonyl (C=O) groups is 1. The summed E-state index contributed by atoms with van der Waals surface area (Å²) < 4.78 is 57.3. The molecule has 9 heteroatoms. The molecule has 1 aromatic carbocycles. The van der Waals surface area contributed by atoms with E-state index in [1.165, 1.54) is 19.1 Å². The summed E-state index contributed by atoms with van der Waals surface area (Å²) in [5.41, 5.74) is -2.45. The largest absolute Gasteiger partial charge is 0.598 e. The van der Waals surface area contributed by atoms with E-state index in [4.69, 9.17) is 0 Å². The van der Waals surface area contributed by atoms with Crippen LogP contribution in [-0.2, 0) is 21.7 Å². The topological polar surface area (TPSA) is 52.2 Å². The fourth-order valence-corrected chi connectivity index (χ4v) is 4.04. The van der Waals surface area contributed by atoms with Gasteiger partial charge in [-0.1, -0.05) is 27.7 Å². The van der Waals surface area contributed by atoms with Crippen molar-refractivity contribution in [1.29, 1.82) is 0 Å². The Bertz CT molecular complexity index is 614. The number of alkyl halides is 2. The van der Waals surface area contributed by atoms with Gasteiger partial charge in [-0.25, -0.2) is 13.2 Å². The molecule has 2 atom stereocenters. The van der Waals surface area contributed by atoms with Gasteiger partial charge in [0.25, 0.3) is 6.43 Å². The first-order chi connectivity index (χ1) is 11.4. The van der Waals surface area contributed by atoms with E-state index < -0.39 is 33.9 Å². The van der Waals surface area contributed by atoms with E-state index in [0.29, 0.717) is 4.47 Å². The van der Waals surface area contributed by atoms with Crippen molar-refractivity contribution in [1.82, 2.24) is 4.72 Å². The lowest BCUT2D eigenvalue weighted by atomic mass is 9.88. The third kappa shape index (κ3) is 6.16. The maximum Gasteiger partial charge on any atom is 0.265 e. The number of hydrogen-bond acceptors (Lipinski definition) is 4. The molecular formula is C16H21BrF3NO2S2. The number of halogens is 4. The molecule has 0 aromatic heterocycles. The van der Waals surface area contributed by atoms with Crippen LogP contribution in [0, 0.1) is 5.82 Å². The Labute approximate surface area is 162 Å². The Morgan fingerprint density at radius 2 is 2.00 bits per heavy atom. The molecule has 0 radical (unpaired) electrons. The van der Waals surface area contributed by atoms with Crippen LogP contribution in [0.2, 0.25) is 0 Å². The van der Waals surface area contributed by atoms with Gasteiger partial charge < -0.3 is 4.55 Å². The van der Waals surface area contributed by atoms with Crippen molar-refractivity contribution in [3.8, 4) is 0 Å². The second kappa shape index (κ2) is 9.12. The second-order valence-corrected chi connectivity index (χ2v) is 10.6. The number of rotatable bonds is 7. The van der Waals surface area contributed by atoms with Gasteiger partial charge in [0.15, 0.2) is 10.7 Å². The van der Waals surface area contributed by atoms with E-state index in [0.717, 1.165) is 17.8 Å². The molecule has 0 unspecified atom stereocenters. The summed E-state index contributed by atoms with van der Waals surface area (Å²) in [4.78, 5) is 11.2. The molecule has 1 rings (SSSR count). The fourth-order valence-electron chi connectivity index (χ4n) is 2.03. The summed E-state index contributed by atoms with van der Waals surface area (Å²) in [5.74, 6) is -0.783. The van der Waals surface area contributed by atoms with Crippen molar-refractivity contribution < 1.29 is 22.5 Å². The van der Waals surface area contributed by atoms with Crippen LogP contribution < -0.4 is 4.72 Å². The van der Waals surface area contributed by atoms with E-state index in [1.54, 1.807) is 20.8 Å². The zero-order valence-corrected chi connectivity index (χ0v) is 17.6. The average molecular weight is 460 g/mol. The molecule has 0 saturated heterocycles. The van der Waals surface area contributed by atoms with Crippen LogP contribution in [0.15, 0.2) is 22.7 Å². The minimum absolute atomic E-state index is 0.0416. The molecule has 0 heterocycles. The van der Waals surface area contributed by atoms with E-state index in [-0.39, 0.29) is 22.9 Å². The Morgan fingerprint density at radius 1 is 1.40 bits per heavy atom. The molecule has 0 spiro atoms. The molecule has 0 fully saturated rings. The highest BCUT2D eigenvalue weighted by molar-refractivity contribution is 9.10. The van der Waals surface area contributed by atoms with Crippen LogP contribution in [0.3, 0.4) is 0 Å². The van der Waals surface area contributed by atoms with Crippen LogP contribution in [0.5, 0.6) is 0 Å². The van der Waals surface area contributed by atoms with E-state index >= 15 is 0 Å². The van der Waals surface area contributed by atoms with Crippen molar-refractivity contribution in [3.63, 3.8) is 0 Å². The van der Waals surface area contributed by atoms with Gasteiger partial charge in [-0.15, -0.1) is 4.72 Å². The predicted molar refractivity (Wildman–Crippen MR) is 101 cm³/mol. The van der Waals surface area contributed by atoms with Crippen LogP contribution in [0.1, 0.15) is 39.7 Å². The third-order valence-electron chi connectivity index (χ3n) is 3.41. The summed E-state index contributed by atoms with van der Waals surface area (Å²) in [6.45, 7) is 6.23. The SMILES string of the molecule is CC(=O)SCC[C@](N[S@+]([O-])C(C)(C)C)(c1cc(Br)ccc1F)C(F)F. The van der Waals surface area contributed by atoms with Gasteiger partial charge >= 0.3 is 0 Å². The van der Waals surface area contributed by atoms with Gasteiger partial charge in [0, 0.05) is 34.1 Å². The molecule has 0 aliphatic heterocycles. The van der Waals surface area contributed by atoms with E-state index in [1.807, 2.05) is 0 Å². The first kappa shape index (κ1) is 22.8. The van der Waals surface area contributed by atoms with Crippen LogP contribution >= 0.6 is 27.7 Å². The summed E-state index contributed by atoms with van der Waals surface area (Å²) in [6, 6.07) is 3.74. The average Bonchev–Trinajstić information content (AvgIpc) is 2.47. The minimum atomic E-state index is -3.03. The molecule has 0 amide bonds. The maximum atomic E-state index is 14.4. The van der Waals surface area contributed by atoms with Gasteiger partial charge in [0.1, 0.15) is 10.6 Å². The molecule has 0 bridgehead atoms. The van der Waals surface area contributed by atoms with E-state index in [2.05, 4.69) is 20.7 Å². The number of carbonyl (C=O) groups excluding carboxylic acids is 1. The lowest BCUT2D eigenvalue weighted by Crippen LogP contribution is -2.56. The third-order valence-corrected chi connectivity index (χ3v) is 6.38. The standard InChI is InChI=1S/C16H21BrF3NO2S2/c1-10(22)24-8-7-16(14(19)20,21-25(23)15(2,3)4)12-9-11(17)5-6-13(12)18/h5-6,9,14,21H,7-8H2,1-4H3/t16-,25+/m0/s1. The number of hydrogen-bond donors (Lipinski definition) is 1. The molecule has 0 saturated carbocycles. The molecule has 1 N–H and O–H groups in total. The zero-order chi connectivity index (χ0) is 19.4. The first-order valence-corrected chi connectivity index (χ1v) is 10.4. The van der Waals surface area contributed by atoms with Gasteiger partial charge in [0.2, 0.25) is 0 Å². The molecule has 0 aliphatic carbocycles. The Balaban J connectivity index is 3.39. The predicted octanol–water partition coefficient (Wildman–Crippen LogP) is 4.77. The molecule has 142 valence electrons. The fraction of sp³-hybridized carbons (Fsp3) is 0.562. The lowest BCUT2D eigenvalue weighted by Gasteiger charge is -2.37. The van der Waals surface area contributed by atoms with Crippen LogP contribution in [0.4, 0.5) is 13.2 Å². The van der Waals surface area contributed by atoms with Crippen molar-refractivity contribution in [2.75, 3.05) is 5.75 Å². The molecule has 0 aliphatic rings. The Hall–Kier alpha value is -0.220. The normalized spacial score (nSPS) is 15.9. The van der Waals surface area contributed by atoms with Gasteiger partial charge in [-0.3, -0.25) is 4.79 Å². The summed E-state index contributed by atoms with van der Waals surface area (Å²) in [7, 11) is 0. The minimum Gasteiger partial charge on any atom is -0.598 e. The van der Waals surface area contributed by atoms with Gasteiger partial charge in [0.05, 0.1) is 0 Å². The molecule has 1 aromatic rings. The van der Waals surface area contributed by atoms with E-state index in [9.17, 15) is 22.5 Å². The van der Waals surface area contributed by atoms with Crippen LogP contribution in [-0.4, -0.2) is 26.6 Å². The highest BCUT2D eigenvalue weighted by Crippen LogP contribution is 2.38. The highest BCUT2D eigenvalue weighted by atomic mass is 79.9.